The topological polar surface area (TPSA) is 129 Å². The van der Waals surface area contributed by atoms with Crippen LogP contribution in [0.5, 0.6) is 0 Å². The van der Waals surface area contributed by atoms with Crippen LogP contribution in [-0.2, 0) is 4.79 Å². The van der Waals surface area contributed by atoms with Gasteiger partial charge in [0.05, 0.1) is 23.1 Å². The fourth-order valence-corrected chi connectivity index (χ4v) is 6.24. The Morgan fingerprint density at radius 3 is 2.41 bits per heavy atom. The van der Waals surface area contributed by atoms with Crippen LogP contribution in [-0.4, -0.2) is 75.8 Å². The van der Waals surface area contributed by atoms with Crippen molar-refractivity contribution < 1.29 is 9.59 Å². The van der Waals surface area contributed by atoms with Crippen molar-refractivity contribution >= 4 is 34.7 Å². The van der Waals surface area contributed by atoms with Crippen molar-refractivity contribution in [1.82, 2.24) is 24.8 Å². The van der Waals surface area contributed by atoms with Gasteiger partial charge in [-0.2, -0.15) is 0 Å². The average molecular weight is 615 g/mol. The molecule has 0 radical (unpaired) electrons. The first kappa shape index (κ1) is 30.7. The summed E-state index contributed by atoms with van der Waals surface area (Å²) in [7, 11) is 3.88. The molecular weight excluding hydrogens is 576 g/mol. The molecule has 0 spiro atoms. The van der Waals surface area contributed by atoms with Crippen LogP contribution in [0.25, 0.3) is 11.3 Å². The highest BCUT2D eigenvalue weighted by atomic mass is 16.2. The van der Waals surface area contributed by atoms with E-state index in [1.807, 2.05) is 78.5 Å². The van der Waals surface area contributed by atoms with Crippen molar-refractivity contribution in [2.45, 2.75) is 24.9 Å². The zero-order chi connectivity index (χ0) is 32.0. The summed E-state index contributed by atoms with van der Waals surface area (Å²) in [5, 5.41) is 6.38. The smallest absolute Gasteiger partial charge is 0.254 e. The van der Waals surface area contributed by atoms with E-state index in [-0.39, 0.29) is 23.9 Å². The lowest BCUT2D eigenvalue weighted by atomic mass is 10.0. The van der Waals surface area contributed by atoms with Gasteiger partial charge in [0.1, 0.15) is 0 Å². The van der Waals surface area contributed by atoms with Crippen molar-refractivity contribution in [3.8, 4) is 0 Å². The number of benzene rings is 2. The number of likely N-dealkylation sites (N-methyl/N-ethyl adjacent to an activating group) is 1. The van der Waals surface area contributed by atoms with Gasteiger partial charge in [0.15, 0.2) is 0 Å². The van der Waals surface area contributed by atoms with Crippen LogP contribution < -0.4 is 16.4 Å². The first-order valence-corrected chi connectivity index (χ1v) is 15.5. The van der Waals surface area contributed by atoms with Gasteiger partial charge in [-0.15, -0.1) is 0 Å². The van der Waals surface area contributed by atoms with E-state index in [0.29, 0.717) is 41.1 Å². The van der Waals surface area contributed by atoms with Crippen molar-refractivity contribution in [3.05, 3.63) is 126 Å². The minimum Gasteiger partial charge on any atom is -0.398 e. The van der Waals surface area contributed by atoms with Gasteiger partial charge >= 0.3 is 0 Å². The predicted molar refractivity (Wildman–Crippen MR) is 181 cm³/mol. The monoisotopic (exact) mass is 614 g/mol. The number of likely N-dealkylation sites (tertiary alicyclic amines) is 1. The highest BCUT2D eigenvalue weighted by molar-refractivity contribution is 6.00. The van der Waals surface area contributed by atoms with E-state index in [1.165, 1.54) is 6.08 Å². The SMILES string of the molecule is CN(C)C/C=C/C(=O)Nc1ccc(C(=O)N2CC3CC(Nc4nccc(/C(=C(/N)c5ccccc5)c5ccccn5)n4)C2C3)cc1. The second-order valence-corrected chi connectivity index (χ2v) is 12.0. The molecule has 2 aromatic carbocycles. The van der Waals surface area contributed by atoms with Gasteiger partial charge in [-0.3, -0.25) is 14.6 Å². The quantitative estimate of drug-likeness (QED) is 0.223. The summed E-state index contributed by atoms with van der Waals surface area (Å²) in [6.45, 7) is 1.40. The van der Waals surface area contributed by atoms with Gasteiger partial charge in [0, 0.05) is 54.4 Å². The molecule has 2 aromatic heterocycles. The summed E-state index contributed by atoms with van der Waals surface area (Å²) < 4.78 is 0. The molecule has 3 unspecified atom stereocenters. The number of pyridine rings is 1. The molecule has 2 bridgehead atoms. The maximum atomic E-state index is 13.6. The molecule has 2 aliphatic rings. The zero-order valence-electron chi connectivity index (χ0n) is 26.0. The summed E-state index contributed by atoms with van der Waals surface area (Å²) in [4.78, 5) is 43.7. The minimum atomic E-state index is -0.205. The predicted octanol–water partition coefficient (Wildman–Crippen LogP) is 4.52. The first-order valence-electron chi connectivity index (χ1n) is 15.5. The molecule has 3 atom stereocenters. The Morgan fingerprint density at radius 2 is 1.70 bits per heavy atom. The van der Waals surface area contributed by atoms with E-state index in [9.17, 15) is 9.59 Å². The fourth-order valence-electron chi connectivity index (χ4n) is 6.24. The second kappa shape index (κ2) is 13.7. The van der Waals surface area contributed by atoms with Crippen LogP contribution in [0.2, 0.25) is 0 Å². The number of rotatable bonds is 10. The highest BCUT2D eigenvalue weighted by Gasteiger charge is 2.47. The molecule has 4 aromatic rings. The van der Waals surface area contributed by atoms with E-state index in [2.05, 4.69) is 20.6 Å². The number of hydrogen-bond donors (Lipinski definition) is 3. The number of aromatic nitrogens is 3. The van der Waals surface area contributed by atoms with Crippen LogP contribution in [0, 0.1) is 5.92 Å². The molecule has 10 heteroatoms. The standard InChI is InChI=1S/C36H38N8O2/c1-43(2)20-8-12-32(45)40-27-15-13-26(14-16-27)35(46)44-23-24-21-30(31(44)22-24)42-36-39-19-17-29(41-36)33(28-11-6-7-18-38-28)34(37)25-9-4-3-5-10-25/h3-19,24,30-31H,20-23,37H2,1-2H3,(H,40,45)(H,39,41,42)/b12-8+,34-33+. The van der Waals surface area contributed by atoms with E-state index in [0.717, 1.165) is 36.2 Å². The van der Waals surface area contributed by atoms with Crippen molar-refractivity contribution in [1.29, 1.82) is 0 Å². The fraction of sp³-hybridized carbons (Fsp3) is 0.250. The van der Waals surface area contributed by atoms with Crippen LogP contribution in [0.1, 0.15) is 40.2 Å². The van der Waals surface area contributed by atoms with Crippen LogP contribution in [0.3, 0.4) is 0 Å². The number of nitrogens with one attached hydrogen (secondary N) is 2. The van der Waals surface area contributed by atoms with Gasteiger partial charge in [-0.25, -0.2) is 9.97 Å². The van der Waals surface area contributed by atoms with E-state index in [1.54, 1.807) is 42.7 Å². The number of anilines is 2. The third-order valence-electron chi connectivity index (χ3n) is 8.38. The maximum absolute atomic E-state index is 13.6. The molecule has 4 N–H and O–H groups in total. The molecular formula is C36H38N8O2. The molecule has 1 saturated heterocycles. The Bertz CT molecular complexity index is 1740. The minimum absolute atomic E-state index is 0.0132. The number of amides is 2. The number of nitrogens with zero attached hydrogens (tertiary/aromatic N) is 5. The van der Waals surface area contributed by atoms with E-state index < -0.39 is 0 Å². The number of piperidine rings is 1. The lowest BCUT2D eigenvalue weighted by Gasteiger charge is -2.34. The average Bonchev–Trinajstić information content (AvgIpc) is 3.67. The molecule has 234 valence electrons. The number of carbonyl (C=O) groups is 2. The number of hydrogen-bond acceptors (Lipinski definition) is 8. The second-order valence-electron chi connectivity index (χ2n) is 12.0. The van der Waals surface area contributed by atoms with Gasteiger partial charge in [0.25, 0.3) is 5.91 Å². The molecule has 2 amide bonds. The Hall–Kier alpha value is -5.35. The molecule has 2 fully saturated rings. The number of fused-ring (bicyclic) bond motifs is 2. The molecule has 46 heavy (non-hydrogen) atoms. The lowest BCUT2D eigenvalue weighted by molar-refractivity contribution is -0.111. The summed E-state index contributed by atoms with van der Waals surface area (Å²) in [5.74, 6) is 0.660. The Morgan fingerprint density at radius 1 is 0.913 bits per heavy atom. The third-order valence-corrected chi connectivity index (χ3v) is 8.38. The van der Waals surface area contributed by atoms with Crippen molar-refractivity contribution in [2.75, 3.05) is 37.8 Å². The van der Waals surface area contributed by atoms with Gasteiger partial charge in [-0.05, 0) is 80.9 Å². The van der Waals surface area contributed by atoms with Crippen molar-refractivity contribution in [2.24, 2.45) is 11.7 Å². The van der Waals surface area contributed by atoms with Gasteiger partial charge in [-0.1, -0.05) is 42.5 Å². The lowest BCUT2D eigenvalue weighted by Crippen LogP contribution is -2.47. The van der Waals surface area contributed by atoms with Gasteiger partial charge in [0.2, 0.25) is 11.9 Å². The molecule has 1 aliphatic heterocycles. The summed E-state index contributed by atoms with van der Waals surface area (Å²) in [6.07, 6.45) is 8.64. The maximum Gasteiger partial charge on any atom is 0.254 e. The number of carbonyl (C=O) groups excluding carboxylic acids is 2. The Labute approximate surface area is 269 Å². The molecule has 10 nitrogen and oxygen atoms in total. The summed E-state index contributed by atoms with van der Waals surface area (Å²) in [6, 6.07) is 24.4. The van der Waals surface area contributed by atoms with Crippen LogP contribution in [0.15, 0.2) is 103 Å². The van der Waals surface area contributed by atoms with E-state index >= 15 is 0 Å². The van der Waals surface area contributed by atoms with Crippen LogP contribution in [0.4, 0.5) is 11.6 Å². The van der Waals surface area contributed by atoms with Gasteiger partial charge < -0.3 is 26.2 Å². The zero-order valence-corrected chi connectivity index (χ0v) is 26.0. The van der Waals surface area contributed by atoms with Crippen molar-refractivity contribution in [3.63, 3.8) is 0 Å². The largest absolute Gasteiger partial charge is 0.398 e. The molecule has 6 rings (SSSR count). The normalized spacial score (nSPS) is 19.4. The molecule has 1 aliphatic carbocycles. The number of nitrogens with two attached hydrogens (primary N) is 1. The van der Waals surface area contributed by atoms with E-state index in [4.69, 9.17) is 10.7 Å². The third kappa shape index (κ3) is 6.97. The summed E-state index contributed by atoms with van der Waals surface area (Å²) in [5.41, 5.74) is 11.5. The first-order chi connectivity index (χ1) is 22.4. The van der Waals surface area contributed by atoms with Crippen LogP contribution >= 0.6 is 0 Å². The molecule has 3 heterocycles. The highest BCUT2D eigenvalue weighted by Crippen LogP contribution is 2.40. The summed E-state index contributed by atoms with van der Waals surface area (Å²) >= 11 is 0. The molecule has 1 saturated carbocycles. The Balaban J connectivity index is 1.16. The Kier molecular flexibility index (Phi) is 9.16.